The first-order valence-corrected chi connectivity index (χ1v) is 6.86. The molecule has 0 radical (unpaired) electrons. The van der Waals surface area contributed by atoms with Gasteiger partial charge in [-0.1, -0.05) is 28.1 Å². The van der Waals surface area contributed by atoms with Gasteiger partial charge >= 0.3 is 0 Å². The number of nitrogens with one attached hydrogen (secondary N) is 1. The molecule has 106 valence electrons. The van der Waals surface area contributed by atoms with Crippen LogP contribution in [0.2, 0.25) is 0 Å². The van der Waals surface area contributed by atoms with E-state index in [0.717, 1.165) is 22.9 Å². The van der Waals surface area contributed by atoms with Gasteiger partial charge in [0, 0.05) is 17.6 Å². The van der Waals surface area contributed by atoms with E-state index in [0.29, 0.717) is 13.1 Å². The van der Waals surface area contributed by atoms with E-state index < -0.39 is 0 Å². The second-order valence-electron chi connectivity index (χ2n) is 4.41. The zero-order valence-electron chi connectivity index (χ0n) is 10.5. The zero-order valence-corrected chi connectivity index (χ0v) is 12.9. The highest BCUT2D eigenvalue weighted by atomic mass is 79.9. The van der Waals surface area contributed by atoms with Crippen LogP contribution in [-0.2, 0) is 16.1 Å². The maximum Gasteiger partial charge on any atom is 0.249 e. The van der Waals surface area contributed by atoms with Gasteiger partial charge in [-0.2, -0.15) is 0 Å². The van der Waals surface area contributed by atoms with Gasteiger partial charge in [0.2, 0.25) is 5.91 Å². The van der Waals surface area contributed by atoms with E-state index >= 15 is 0 Å². The Balaban J connectivity index is 0.00000180. The van der Waals surface area contributed by atoms with Crippen LogP contribution in [0.3, 0.4) is 0 Å². The fraction of sp³-hybridized carbons (Fsp3) is 0.462. The van der Waals surface area contributed by atoms with Gasteiger partial charge in [0.1, 0.15) is 6.10 Å². The molecule has 1 aromatic rings. The summed E-state index contributed by atoms with van der Waals surface area (Å²) >= 11 is 3.40. The fourth-order valence-corrected chi connectivity index (χ4v) is 2.47. The third-order valence-corrected chi connectivity index (χ3v) is 3.51. The van der Waals surface area contributed by atoms with Crippen LogP contribution in [0.5, 0.6) is 0 Å². The molecular weight excluding hydrogens is 332 g/mol. The largest absolute Gasteiger partial charge is 0.364 e. The molecule has 1 fully saturated rings. The lowest BCUT2D eigenvalue weighted by atomic mass is 10.2. The number of benzene rings is 1. The lowest BCUT2D eigenvalue weighted by Crippen LogP contribution is -2.35. The third kappa shape index (κ3) is 4.76. The number of rotatable bonds is 4. The summed E-state index contributed by atoms with van der Waals surface area (Å²) in [5.74, 6) is -0.0501. The summed E-state index contributed by atoms with van der Waals surface area (Å²) in [5.41, 5.74) is 6.58. The van der Waals surface area contributed by atoms with Crippen LogP contribution in [0.15, 0.2) is 28.7 Å². The SMILES string of the molecule is Cl.NC[C@H]1CC[C@@H](C(=O)NCc2cccc(Br)c2)O1. The standard InChI is InChI=1S/C13H17BrN2O2.ClH/c14-10-3-1-2-9(6-10)8-16-13(17)12-5-4-11(7-15)18-12;/h1-3,6,11-12H,4-5,7-8,15H2,(H,16,17);1H/t11-,12+;/m1./s1. The molecule has 0 unspecified atom stereocenters. The molecule has 0 aromatic heterocycles. The molecule has 0 bridgehead atoms. The third-order valence-electron chi connectivity index (χ3n) is 3.02. The number of carbonyl (C=O) groups is 1. The number of carbonyl (C=O) groups excluding carboxylic acids is 1. The van der Waals surface area contributed by atoms with Crippen LogP contribution in [0, 0.1) is 0 Å². The lowest BCUT2D eigenvalue weighted by Gasteiger charge is -2.12. The predicted octanol–water partition coefficient (Wildman–Crippen LogP) is 1.99. The molecule has 2 rings (SSSR count). The Kier molecular flexibility index (Phi) is 6.79. The van der Waals surface area contributed by atoms with Crippen molar-refractivity contribution in [3.8, 4) is 0 Å². The minimum Gasteiger partial charge on any atom is -0.364 e. The molecule has 6 heteroatoms. The Labute approximate surface area is 127 Å². The monoisotopic (exact) mass is 348 g/mol. The highest BCUT2D eigenvalue weighted by molar-refractivity contribution is 9.10. The van der Waals surface area contributed by atoms with Gasteiger partial charge in [-0.25, -0.2) is 0 Å². The van der Waals surface area contributed by atoms with Crippen molar-refractivity contribution in [3.05, 3.63) is 34.3 Å². The van der Waals surface area contributed by atoms with Crippen molar-refractivity contribution in [3.63, 3.8) is 0 Å². The highest BCUT2D eigenvalue weighted by Gasteiger charge is 2.29. The second-order valence-corrected chi connectivity index (χ2v) is 5.32. The number of hydrogen-bond donors (Lipinski definition) is 2. The summed E-state index contributed by atoms with van der Waals surface area (Å²) in [4.78, 5) is 11.9. The number of hydrogen-bond acceptors (Lipinski definition) is 3. The molecule has 1 heterocycles. The van der Waals surface area contributed by atoms with E-state index in [1.165, 1.54) is 0 Å². The summed E-state index contributed by atoms with van der Waals surface area (Å²) in [6.07, 6.45) is 1.31. The first kappa shape index (κ1) is 16.4. The van der Waals surface area contributed by atoms with Crippen LogP contribution in [0.25, 0.3) is 0 Å². The van der Waals surface area contributed by atoms with Crippen LogP contribution in [-0.4, -0.2) is 24.7 Å². The van der Waals surface area contributed by atoms with E-state index in [9.17, 15) is 4.79 Å². The van der Waals surface area contributed by atoms with Crippen molar-refractivity contribution >= 4 is 34.2 Å². The van der Waals surface area contributed by atoms with E-state index in [1.807, 2.05) is 24.3 Å². The van der Waals surface area contributed by atoms with Gasteiger partial charge in [0.15, 0.2) is 0 Å². The molecule has 1 aromatic carbocycles. The van der Waals surface area contributed by atoms with Crippen LogP contribution in [0.4, 0.5) is 0 Å². The molecule has 1 aliphatic rings. The van der Waals surface area contributed by atoms with Crippen LogP contribution >= 0.6 is 28.3 Å². The van der Waals surface area contributed by atoms with Crippen molar-refractivity contribution in [1.29, 1.82) is 0 Å². The number of ether oxygens (including phenoxy) is 1. The Hall–Kier alpha value is -0.620. The average molecular weight is 350 g/mol. The summed E-state index contributed by atoms with van der Waals surface area (Å²) in [6.45, 7) is 1.00. The summed E-state index contributed by atoms with van der Waals surface area (Å²) in [5, 5.41) is 2.89. The van der Waals surface area contributed by atoms with Crippen molar-refractivity contribution < 1.29 is 9.53 Å². The fourth-order valence-electron chi connectivity index (χ4n) is 2.02. The summed E-state index contributed by atoms with van der Waals surface area (Å²) in [7, 11) is 0. The van der Waals surface area contributed by atoms with Gasteiger partial charge in [0.05, 0.1) is 6.10 Å². The van der Waals surface area contributed by atoms with E-state index in [1.54, 1.807) is 0 Å². The molecular formula is C13H18BrClN2O2. The molecule has 4 nitrogen and oxygen atoms in total. The van der Waals surface area contributed by atoms with Gasteiger partial charge in [-0.05, 0) is 30.5 Å². The van der Waals surface area contributed by atoms with Gasteiger partial charge < -0.3 is 15.8 Å². The van der Waals surface area contributed by atoms with E-state index in [4.69, 9.17) is 10.5 Å². The molecule has 2 atom stereocenters. The first-order chi connectivity index (χ1) is 8.69. The molecule has 1 saturated heterocycles. The smallest absolute Gasteiger partial charge is 0.249 e. The van der Waals surface area contributed by atoms with Gasteiger partial charge in [-0.3, -0.25) is 4.79 Å². The van der Waals surface area contributed by atoms with Crippen molar-refractivity contribution in [1.82, 2.24) is 5.32 Å². The summed E-state index contributed by atoms with van der Waals surface area (Å²) in [6, 6.07) is 7.86. The topological polar surface area (TPSA) is 64.4 Å². The maximum atomic E-state index is 11.9. The van der Waals surface area contributed by atoms with Crippen LogP contribution < -0.4 is 11.1 Å². The molecule has 19 heavy (non-hydrogen) atoms. The normalized spacial score (nSPS) is 21.8. The van der Waals surface area contributed by atoms with E-state index in [-0.39, 0.29) is 30.5 Å². The predicted molar refractivity (Wildman–Crippen MR) is 80.2 cm³/mol. The second kappa shape index (κ2) is 7.85. The van der Waals surface area contributed by atoms with Crippen LogP contribution in [0.1, 0.15) is 18.4 Å². The Morgan fingerprint density at radius 1 is 1.47 bits per heavy atom. The first-order valence-electron chi connectivity index (χ1n) is 6.06. The quantitative estimate of drug-likeness (QED) is 0.874. The minimum atomic E-state index is -0.342. The lowest BCUT2D eigenvalue weighted by molar-refractivity contribution is -0.132. The molecule has 1 aliphatic heterocycles. The molecule has 0 saturated carbocycles. The van der Waals surface area contributed by atoms with E-state index in [2.05, 4.69) is 21.2 Å². The zero-order chi connectivity index (χ0) is 13.0. The molecule has 1 amide bonds. The number of nitrogens with two attached hydrogens (primary N) is 1. The highest BCUT2D eigenvalue weighted by Crippen LogP contribution is 2.19. The van der Waals surface area contributed by atoms with Crippen molar-refractivity contribution in [2.75, 3.05) is 6.54 Å². The molecule has 3 N–H and O–H groups in total. The average Bonchev–Trinajstić information content (AvgIpc) is 2.85. The summed E-state index contributed by atoms with van der Waals surface area (Å²) < 4.78 is 6.55. The molecule has 0 aliphatic carbocycles. The molecule has 0 spiro atoms. The minimum absolute atomic E-state index is 0. The Morgan fingerprint density at radius 2 is 2.26 bits per heavy atom. The van der Waals surface area contributed by atoms with Crippen molar-refractivity contribution in [2.24, 2.45) is 5.73 Å². The van der Waals surface area contributed by atoms with Crippen molar-refractivity contribution in [2.45, 2.75) is 31.6 Å². The maximum absolute atomic E-state index is 11.9. The number of amides is 1. The number of halogens is 2. The van der Waals surface area contributed by atoms with Gasteiger partial charge in [0.25, 0.3) is 0 Å². The Bertz CT molecular complexity index is 431. The van der Waals surface area contributed by atoms with Gasteiger partial charge in [-0.15, -0.1) is 12.4 Å². The Morgan fingerprint density at radius 3 is 2.89 bits per heavy atom.